The van der Waals surface area contributed by atoms with E-state index in [9.17, 15) is 0 Å². The standard InChI is InChI=1S/C12H16O4.C2H6/c1-14-10-4-2-9(3-5-10)12-15-8-11(16-12)6-7-13;1-2/h2-5,11-13H,6-8H2,1H3;1-2H3. The van der Waals surface area contributed by atoms with Crippen LogP contribution in [-0.4, -0.2) is 31.5 Å². The molecule has 0 bridgehead atoms. The lowest BCUT2D eigenvalue weighted by atomic mass is 10.2. The lowest BCUT2D eigenvalue weighted by molar-refractivity contribution is -0.0627. The van der Waals surface area contributed by atoms with Crippen LogP contribution < -0.4 is 4.74 Å². The Morgan fingerprint density at radius 1 is 1.28 bits per heavy atom. The second-order valence-electron chi connectivity index (χ2n) is 3.71. The number of ether oxygens (including phenoxy) is 3. The van der Waals surface area contributed by atoms with E-state index in [1.54, 1.807) is 7.11 Å². The molecule has 1 fully saturated rings. The van der Waals surface area contributed by atoms with Gasteiger partial charge in [0.1, 0.15) is 5.75 Å². The van der Waals surface area contributed by atoms with Gasteiger partial charge in [0.25, 0.3) is 0 Å². The van der Waals surface area contributed by atoms with Crippen LogP contribution in [0.1, 0.15) is 32.1 Å². The molecule has 0 saturated carbocycles. The van der Waals surface area contributed by atoms with Gasteiger partial charge in [-0.3, -0.25) is 0 Å². The van der Waals surface area contributed by atoms with Crippen LogP contribution in [0.2, 0.25) is 0 Å². The fourth-order valence-electron chi connectivity index (χ4n) is 1.68. The van der Waals surface area contributed by atoms with Crippen LogP contribution in [-0.2, 0) is 9.47 Å². The summed E-state index contributed by atoms with van der Waals surface area (Å²) in [4.78, 5) is 0. The maximum Gasteiger partial charge on any atom is 0.184 e. The predicted molar refractivity (Wildman–Crippen MR) is 69.6 cm³/mol. The lowest BCUT2D eigenvalue weighted by Gasteiger charge is -2.11. The minimum absolute atomic E-state index is 0.00268. The van der Waals surface area contributed by atoms with Gasteiger partial charge in [-0.2, -0.15) is 0 Å². The highest BCUT2D eigenvalue weighted by Crippen LogP contribution is 2.28. The van der Waals surface area contributed by atoms with Gasteiger partial charge < -0.3 is 19.3 Å². The molecule has 1 heterocycles. The molecule has 4 nitrogen and oxygen atoms in total. The molecule has 0 aromatic heterocycles. The molecule has 0 amide bonds. The van der Waals surface area contributed by atoms with Gasteiger partial charge in [0, 0.05) is 12.2 Å². The third-order valence-corrected chi connectivity index (χ3v) is 2.59. The van der Waals surface area contributed by atoms with Crippen LogP contribution >= 0.6 is 0 Å². The second kappa shape index (κ2) is 8.08. The molecule has 2 atom stereocenters. The van der Waals surface area contributed by atoms with Crippen LogP contribution in [0.15, 0.2) is 24.3 Å². The molecule has 1 aliphatic heterocycles. The van der Waals surface area contributed by atoms with Gasteiger partial charge in [0.15, 0.2) is 6.29 Å². The Morgan fingerprint density at radius 2 is 1.94 bits per heavy atom. The van der Waals surface area contributed by atoms with Crippen molar-refractivity contribution in [3.8, 4) is 5.75 Å². The number of benzene rings is 1. The molecule has 102 valence electrons. The average Bonchev–Trinajstić information content (AvgIpc) is 2.90. The molecule has 2 rings (SSSR count). The van der Waals surface area contributed by atoms with Crippen LogP contribution in [0, 0.1) is 0 Å². The van der Waals surface area contributed by atoms with Crippen LogP contribution in [0.3, 0.4) is 0 Å². The van der Waals surface area contributed by atoms with Crippen molar-refractivity contribution in [3.05, 3.63) is 29.8 Å². The number of hydrogen-bond donors (Lipinski definition) is 1. The summed E-state index contributed by atoms with van der Waals surface area (Å²) < 4.78 is 16.2. The Kier molecular flexibility index (Phi) is 6.72. The summed E-state index contributed by atoms with van der Waals surface area (Å²) >= 11 is 0. The summed E-state index contributed by atoms with van der Waals surface area (Å²) in [5.74, 6) is 0.814. The van der Waals surface area contributed by atoms with Gasteiger partial charge in [0.05, 0.1) is 19.8 Å². The van der Waals surface area contributed by atoms with Gasteiger partial charge in [-0.25, -0.2) is 0 Å². The third-order valence-electron chi connectivity index (χ3n) is 2.59. The number of rotatable bonds is 4. The maximum absolute atomic E-state index is 8.80. The summed E-state index contributed by atoms with van der Waals surface area (Å²) in [6.45, 7) is 4.67. The zero-order chi connectivity index (χ0) is 13.4. The maximum atomic E-state index is 8.80. The number of methoxy groups -OCH3 is 1. The predicted octanol–water partition coefficient (Wildman–Crippen LogP) is 2.52. The summed E-state index contributed by atoms with van der Waals surface area (Å²) in [6, 6.07) is 7.60. The van der Waals surface area contributed by atoms with Gasteiger partial charge in [0.2, 0.25) is 0 Å². The van der Waals surface area contributed by atoms with E-state index in [2.05, 4.69) is 0 Å². The molecule has 0 aliphatic carbocycles. The molecule has 18 heavy (non-hydrogen) atoms. The molecule has 2 unspecified atom stereocenters. The van der Waals surface area contributed by atoms with Crippen LogP contribution in [0.4, 0.5) is 0 Å². The van der Waals surface area contributed by atoms with Gasteiger partial charge in [-0.15, -0.1) is 0 Å². The van der Waals surface area contributed by atoms with Crippen molar-refractivity contribution in [1.29, 1.82) is 0 Å². The first-order valence-corrected chi connectivity index (χ1v) is 6.35. The Labute approximate surface area is 108 Å². The summed E-state index contributed by atoms with van der Waals surface area (Å²) in [5, 5.41) is 8.80. The van der Waals surface area contributed by atoms with E-state index in [1.165, 1.54) is 0 Å². The van der Waals surface area contributed by atoms with Gasteiger partial charge in [-0.1, -0.05) is 26.0 Å². The molecule has 1 saturated heterocycles. The largest absolute Gasteiger partial charge is 0.497 e. The second-order valence-corrected chi connectivity index (χ2v) is 3.71. The summed E-state index contributed by atoms with van der Waals surface area (Å²) in [5.41, 5.74) is 0.973. The number of hydrogen-bond acceptors (Lipinski definition) is 4. The molecule has 4 heteroatoms. The third kappa shape index (κ3) is 3.98. The smallest absolute Gasteiger partial charge is 0.184 e. The Hall–Kier alpha value is -1.10. The van der Waals surface area contributed by atoms with E-state index in [4.69, 9.17) is 19.3 Å². The van der Waals surface area contributed by atoms with E-state index in [0.29, 0.717) is 13.0 Å². The average molecular weight is 254 g/mol. The van der Waals surface area contributed by atoms with Crippen molar-refractivity contribution < 1.29 is 19.3 Å². The molecule has 1 aromatic carbocycles. The molecule has 0 spiro atoms. The van der Waals surface area contributed by atoms with Gasteiger partial charge in [-0.05, 0) is 18.6 Å². The number of aliphatic hydroxyl groups is 1. The van der Waals surface area contributed by atoms with E-state index < -0.39 is 0 Å². The van der Waals surface area contributed by atoms with E-state index >= 15 is 0 Å². The highest BCUT2D eigenvalue weighted by molar-refractivity contribution is 5.28. The first kappa shape index (κ1) is 15.0. The molecule has 1 aliphatic rings. The van der Waals surface area contributed by atoms with Crippen molar-refractivity contribution in [2.24, 2.45) is 0 Å². The first-order valence-electron chi connectivity index (χ1n) is 6.35. The van der Waals surface area contributed by atoms with E-state index in [-0.39, 0.29) is 19.0 Å². The minimum Gasteiger partial charge on any atom is -0.497 e. The Balaban J connectivity index is 0.000000771. The number of aliphatic hydroxyl groups excluding tert-OH is 1. The highest BCUT2D eigenvalue weighted by Gasteiger charge is 2.26. The Morgan fingerprint density at radius 3 is 2.50 bits per heavy atom. The SMILES string of the molecule is CC.COc1ccc(C2OCC(CCO)O2)cc1. The summed E-state index contributed by atoms with van der Waals surface area (Å²) in [7, 11) is 1.63. The molecular weight excluding hydrogens is 232 g/mol. The zero-order valence-electron chi connectivity index (χ0n) is 11.3. The van der Waals surface area contributed by atoms with Crippen molar-refractivity contribution in [3.63, 3.8) is 0 Å². The fraction of sp³-hybridized carbons (Fsp3) is 0.571. The van der Waals surface area contributed by atoms with Crippen molar-refractivity contribution in [2.75, 3.05) is 20.3 Å². The highest BCUT2D eigenvalue weighted by atomic mass is 16.7. The normalized spacial score (nSPS) is 22.2. The Bertz CT molecular complexity index is 323. The fourth-order valence-corrected chi connectivity index (χ4v) is 1.68. The molecule has 1 N–H and O–H groups in total. The van der Waals surface area contributed by atoms with Crippen LogP contribution in [0.25, 0.3) is 0 Å². The summed E-state index contributed by atoms with van der Waals surface area (Å²) in [6.07, 6.45) is 0.298. The van der Waals surface area contributed by atoms with Crippen molar-refractivity contribution in [2.45, 2.75) is 32.7 Å². The van der Waals surface area contributed by atoms with Crippen molar-refractivity contribution in [1.82, 2.24) is 0 Å². The topological polar surface area (TPSA) is 47.9 Å². The lowest BCUT2D eigenvalue weighted by Crippen LogP contribution is -2.11. The monoisotopic (exact) mass is 254 g/mol. The molecule has 0 radical (unpaired) electrons. The van der Waals surface area contributed by atoms with Crippen molar-refractivity contribution >= 4 is 0 Å². The molecular formula is C14H22O4. The van der Waals surface area contributed by atoms with Crippen LogP contribution in [0.5, 0.6) is 5.75 Å². The molecule has 1 aromatic rings. The first-order chi connectivity index (χ1) is 8.83. The quantitative estimate of drug-likeness (QED) is 0.897. The zero-order valence-corrected chi connectivity index (χ0v) is 11.3. The van der Waals surface area contributed by atoms with E-state index in [0.717, 1.165) is 11.3 Å². The minimum atomic E-state index is -0.317. The van der Waals surface area contributed by atoms with Gasteiger partial charge >= 0.3 is 0 Å². The van der Waals surface area contributed by atoms with E-state index in [1.807, 2.05) is 38.1 Å².